The molecule has 148 valence electrons. The largest absolute Gasteiger partial charge is 0.373 e. The summed E-state index contributed by atoms with van der Waals surface area (Å²) in [4.78, 5) is 12.1. The molecule has 0 aliphatic rings. The summed E-state index contributed by atoms with van der Waals surface area (Å²) in [5.41, 5.74) is 1.91. The fourth-order valence-corrected chi connectivity index (χ4v) is 2.79. The van der Waals surface area contributed by atoms with Crippen molar-refractivity contribution in [3.8, 4) is 0 Å². The fraction of sp³-hybridized carbons (Fsp3) is 0.682. The molecule has 0 aromatic heterocycles. The minimum Gasteiger partial charge on any atom is -0.373 e. The van der Waals surface area contributed by atoms with Gasteiger partial charge in [-0.3, -0.25) is 4.79 Å². The number of rotatable bonds is 12. The third-order valence-corrected chi connectivity index (χ3v) is 4.49. The van der Waals surface area contributed by atoms with Crippen LogP contribution in [0.1, 0.15) is 71.4 Å². The van der Waals surface area contributed by atoms with E-state index in [9.17, 15) is 4.79 Å². The van der Waals surface area contributed by atoms with E-state index in [0.29, 0.717) is 32.6 Å². The summed E-state index contributed by atoms with van der Waals surface area (Å²) in [6.07, 6.45) is 3.29. The Bertz CT molecular complexity index is 535. The third-order valence-electron chi connectivity index (χ3n) is 4.49. The summed E-state index contributed by atoms with van der Waals surface area (Å²) in [6.45, 7) is 14.2. The van der Waals surface area contributed by atoms with Crippen LogP contribution >= 0.6 is 0 Å². The monoisotopic (exact) mass is 363 g/mol. The highest BCUT2D eigenvalue weighted by Gasteiger charge is 2.21. The van der Waals surface area contributed by atoms with Crippen LogP contribution in [-0.4, -0.2) is 30.3 Å². The third kappa shape index (κ3) is 9.93. The van der Waals surface area contributed by atoms with Gasteiger partial charge in [0.2, 0.25) is 5.91 Å². The zero-order valence-electron chi connectivity index (χ0n) is 17.5. The Morgan fingerprint density at radius 3 is 2.04 bits per heavy atom. The van der Waals surface area contributed by atoms with Crippen LogP contribution in [0.15, 0.2) is 24.3 Å². The highest BCUT2D eigenvalue weighted by atomic mass is 16.5. The average molecular weight is 364 g/mol. The van der Waals surface area contributed by atoms with Gasteiger partial charge in [0, 0.05) is 13.0 Å². The van der Waals surface area contributed by atoms with Crippen LogP contribution in [0, 0.1) is 6.92 Å². The molecule has 0 heterocycles. The molecule has 0 fully saturated rings. The maximum absolute atomic E-state index is 12.1. The molecule has 26 heavy (non-hydrogen) atoms. The molecule has 0 atom stereocenters. The predicted octanol–water partition coefficient (Wildman–Crippen LogP) is 4.78. The summed E-state index contributed by atoms with van der Waals surface area (Å²) in [5, 5.41) is 2.97. The number of ether oxygens (including phenoxy) is 2. The van der Waals surface area contributed by atoms with Crippen LogP contribution in [0.5, 0.6) is 0 Å². The molecule has 1 rings (SSSR count). The summed E-state index contributed by atoms with van der Waals surface area (Å²) in [7, 11) is 0. The molecule has 0 spiro atoms. The van der Waals surface area contributed by atoms with Gasteiger partial charge in [-0.1, -0.05) is 43.2 Å². The van der Waals surface area contributed by atoms with Crippen LogP contribution < -0.4 is 5.32 Å². The van der Waals surface area contributed by atoms with Crippen molar-refractivity contribution in [1.29, 1.82) is 0 Å². The number of nitrogens with one attached hydrogen (secondary N) is 1. The normalized spacial score (nSPS) is 12.2. The van der Waals surface area contributed by atoms with E-state index in [2.05, 4.69) is 45.1 Å². The molecule has 0 aliphatic heterocycles. The Labute approximate surface area is 159 Å². The van der Waals surface area contributed by atoms with Gasteiger partial charge in [-0.2, -0.15) is 0 Å². The van der Waals surface area contributed by atoms with Gasteiger partial charge in [-0.15, -0.1) is 0 Å². The first-order valence-electron chi connectivity index (χ1n) is 9.74. The Hall–Kier alpha value is -1.39. The number of hydrogen-bond donors (Lipinski definition) is 1. The second kappa shape index (κ2) is 10.7. The van der Waals surface area contributed by atoms with Gasteiger partial charge in [0.15, 0.2) is 0 Å². The highest BCUT2D eigenvalue weighted by molar-refractivity contribution is 5.75. The summed E-state index contributed by atoms with van der Waals surface area (Å²) in [5.74, 6) is 0.0579. The molecule has 1 amide bonds. The lowest BCUT2D eigenvalue weighted by Crippen LogP contribution is -2.32. The first kappa shape index (κ1) is 22.7. The minimum atomic E-state index is -0.334. The van der Waals surface area contributed by atoms with Crippen LogP contribution in [0.2, 0.25) is 0 Å². The second-order valence-corrected chi connectivity index (χ2v) is 8.23. The minimum absolute atomic E-state index is 0.0579. The maximum atomic E-state index is 12.1. The molecule has 4 heteroatoms. The number of benzene rings is 1. The fourth-order valence-electron chi connectivity index (χ4n) is 2.79. The van der Waals surface area contributed by atoms with E-state index < -0.39 is 0 Å². The molecule has 0 bridgehead atoms. The van der Waals surface area contributed by atoms with Crippen molar-refractivity contribution in [1.82, 2.24) is 5.32 Å². The van der Waals surface area contributed by atoms with Gasteiger partial charge in [0.1, 0.15) is 0 Å². The van der Waals surface area contributed by atoms with Crippen molar-refractivity contribution in [3.05, 3.63) is 35.4 Å². The van der Waals surface area contributed by atoms with Gasteiger partial charge in [-0.25, -0.2) is 0 Å². The van der Waals surface area contributed by atoms with Crippen LogP contribution in [0.4, 0.5) is 0 Å². The van der Waals surface area contributed by atoms with E-state index in [1.54, 1.807) is 0 Å². The first-order chi connectivity index (χ1) is 12.1. The quantitative estimate of drug-likeness (QED) is 0.544. The molecular formula is C22H37NO3. The number of amides is 1. The molecule has 0 unspecified atom stereocenters. The van der Waals surface area contributed by atoms with Crippen molar-refractivity contribution in [2.24, 2.45) is 0 Å². The lowest BCUT2D eigenvalue weighted by Gasteiger charge is -2.28. The van der Waals surface area contributed by atoms with Gasteiger partial charge in [0.25, 0.3) is 0 Å². The van der Waals surface area contributed by atoms with Crippen molar-refractivity contribution < 1.29 is 14.3 Å². The molecule has 0 saturated carbocycles. The maximum Gasteiger partial charge on any atom is 0.220 e. The number of aryl methyl sites for hydroxylation is 1. The van der Waals surface area contributed by atoms with Gasteiger partial charge in [-0.05, 0) is 53.0 Å². The van der Waals surface area contributed by atoms with E-state index in [-0.39, 0.29) is 17.1 Å². The number of carbonyl (C=O) groups is 1. The van der Waals surface area contributed by atoms with Crippen LogP contribution in [0.3, 0.4) is 0 Å². The molecular weight excluding hydrogens is 326 g/mol. The van der Waals surface area contributed by atoms with Gasteiger partial charge < -0.3 is 14.8 Å². The molecule has 1 aromatic rings. The SMILES string of the molecule is CCCC(C)(C)OCCOC(C)(C)CCC(=O)NCc1ccc(C)cc1. The zero-order valence-corrected chi connectivity index (χ0v) is 17.5. The van der Waals surface area contributed by atoms with E-state index in [0.717, 1.165) is 18.4 Å². The predicted molar refractivity (Wildman–Crippen MR) is 107 cm³/mol. The van der Waals surface area contributed by atoms with Crippen molar-refractivity contribution in [2.75, 3.05) is 13.2 Å². The summed E-state index contributed by atoms with van der Waals surface area (Å²) in [6, 6.07) is 8.20. The van der Waals surface area contributed by atoms with Crippen molar-refractivity contribution >= 4 is 5.91 Å². The molecule has 0 aliphatic carbocycles. The summed E-state index contributed by atoms with van der Waals surface area (Å²) < 4.78 is 11.8. The van der Waals surface area contributed by atoms with Crippen molar-refractivity contribution in [2.45, 2.75) is 85.0 Å². The van der Waals surface area contributed by atoms with Gasteiger partial charge >= 0.3 is 0 Å². The van der Waals surface area contributed by atoms with Crippen LogP contribution in [-0.2, 0) is 20.8 Å². The van der Waals surface area contributed by atoms with Gasteiger partial charge in [0.05, 0.1) is 24.4 Å². The lowest BCUT2D eigenvalue weighted by atomic mass is 10.0. The Morgan fingerprint density at radius 1 is 0.962 bits per heavy atom. The van der Waals surface area contributed by atoms with E-state index in [4.69, 9.17) is 9.47 Å². The molecule has 1 aromatic carbocycles. The Kier molecular flexibility index (Phi) is 9.31. The van der Waals surface area contributed by atoms with E-state index >= 15 is 0 Å². The number of carbonyl (C=O) groups excluding carboxylic acids is 1. The lowest BCUT2D eigenvalue weighted by molar-refractivity contribution is -0.124. The topological polar surface area (TPSA) is 47.6 Å². The smallest absolute Gasteiger partial charge is 0.220 e. The standard InChI is InChI=1S/C22H37NO3/c1-7-13-21(3,4)25-15-16-26-22(5,6)14-12-20(24)23-17-19-10-8-18(2)9-11-19/h8-11H,7,12-17H2,1-6H3,(H,23,24). The molecule has 1 N–H and O–H groups in total. The summed E-state index contributed by atoms with van der Waals surface area (Å²) >= 11 is 0. The van der Waals surface area contributed by atoms with E-state index in [1.165, 1.54) is 5.56 Å². The highest BCUT2D eigenvalue weighted by Crippen LogP contribution is 2.19. The molecule has 0 saturated heterocycles. The molecule has 0 radical (unpaired) electrons. The Morgan fingerprint density at radius 2 is 1.50 bits per heavy atom. The van der Waals surface area contributed by atoms with Crippen LogP contribution in [0.25, 0.3) is 0 Å². The van der Waals surface area contributed by atoms with E-state index in [1.807, 2.05) is 26.0 Å². The van der Waals surface area contributed by atoms with Crippen molar-refractivity contribution in [3.63, 3.8) is 0 Å². The first-order valence-corrected chi connectivity index (χ1v) is 9.74. The second-order valence-electron chi connectivity index (χ2n) is 8.23. The zero-order chi connectivity index (χ0) is 19.6. The number of hydrogen-bond acceptors (Lipinski definition) is 3. The average Bonchev–Trinajstić information content (AvgIpc) is 2.56. The molecule has 4 nitrogen and oxygen atoms in total. The Balaban J connectivity index is 2.22.